The molecule has 0 saturated carbocycles. The molecule has 1 aromatic heterocycles. The average molecular weight is 255 g/mol. The van der Waals surface area contributed by atoms with E-state index in [1.807, 2.05) is 0 Å². The Bertz CT molecular complexity index is 332. The monoisotopic (exact) mass is 253 g/mol. The number of amides is 1. The second-order valence-corrected chi connectivity index (χ2v) is 3.74. The van der Waals surface area contributed by atoms with Crippen LogP contribution in [0, 0.1) is 0 Å². The van der Waals surface area contributed by atoms with E-state index < -0.39 is 10.7 Å². The highest BCUT2D eigenvalue weighted by Crippen LogP contribution is 2.08. The van der Waals surface area contributed by atoms with Gasteiger partial charge in [-0.15, -0.1) is 0 Å². The number of pyridine rings is 1. The van der Waals surface area contributed by atoms with Gasteiger partial charge in [-0.2, -0.15) is 0 Å². The molecule has 76 valence electrons. The smallest absolute Gasteiger partial charge is 0.271 e. The van der Waals surface area contributed by atoms with Gasteiger partial charge in [0.2, 0.25) is 0 Å². The van der Waals surface area contributed by atoms with E-state index in [1.165, 1.54) is 0 Å². The van der Waals surface area contributed by atoms with Gasteiger partial charge in [-0.1, -0.05) is 40.9 Å². The van der Waals surface area contributed by atoms with Gasteiger partial charge in [0, 0.05) is 0 Å². The van der Waals surface area contributed by atoms with Crippen LogP contribution in [0.25, 0.3) is 0 Å². The third-order valence-electron chi connectivity index (χ3n) is 1.23. The summed E-state index contributed by atoms with van der Waals surface area (Å²) in [6, 6.07) is 4.92. The standard InChI is InChI=1S/C7H6Cl3N3O/c8-4-2-1-3-5(11-4)12-13-7(14)6(9)10/h1-3,6H,(H,11,12)(H,13,14). The van der Waals surface area contributed by atoms with Gasteiger partial charge in [0.05, 0.1) is 0 Å². The minimum Gasteiger partial charge on any atom is -0.282 e. The third-order valence-corrected chi connectivity index (χ3v) is 1.83. The maximum atomic E-state index is 10.9. The molecule has 1 rings (SSSR count). The zero-order chi connectivity index (χ0) is 10.6. The van der Waals surface area contributed by atoms with Crippen molar-refractivity contribution in [1.82, 2.24) is 10.4 Å². The summed E-state index contributed by atoms with van der Waals surface area (Å²) in [4.78, 5) is 13.6. The van der Waals surface area contributed by atoms with Gasteiger partial charge in [0.25, 0.3) is 5.91 Å². The van der Waals surface area contributed by atoms with Gasteiger partial charge < -0.3 is 0 Å². The zero-order valence-electron chi connectivity index (χ0n) is 6.80. The minimum atomic E-state index is -1.12. The molecule has 0 aliphatic heterocycles. The Kier molecular flexibility index (Phi) is 4.25. The molecule has 0 saturated heterocycles. The number of hydrazine groups is 1. The average Bonchev–Trinajstić information content (AvgIpc) is 2.14. The molecule has 0 aliphatic carbocycles. The highest BCUT2D eigenvalue weighted by molar-refractivity contribution is 6.53. The van der Waals surface area contributed by atoms with E-state index in [1.54, 1.807) is 18.2 Å². The van der Waals surface area contributed by atoms with E-state index in [-0.39, 0.29) is 0 Å². The summed E-state index contributed by atoms with van der Waals surface area (Å²) in [6.07, 6.45) is 0. The molecule has 0 aliphatic rings. The van der Waals surface area contributed by atoms with Crippen molar-refractivity contribution in [2.75, 3.05) is 5.43 Å². The molecular formula is C7H6Cl3N3O. The Morgan fingerprint density at radius 1 is 1.43 bits per heavy atom. The molecule has 1 amide bonds. The molecule has 14 heavy (non-hydrogen) atoms. The molecule has 0 fully saturated rings. The Morgan fingerprint density at radius 2 is 2.14 bits per heavy atom. The van der Waals surface area contributed by atoms with E-state index in [9.17, 15) is 4.79 Å². The summed E-state index contributed by atoms with van der Waals surface area (Å²) in [5.74, 6) is -0.157. The van der Waals surface area contributed by atoms with E-state index in [0.717, 1.165) is 0 Å². The number of nitrogens with zero attached hydrogens (tertiary/aromatic N) is 1. The Hall–Kier alpha value is -0.710. The fourth-order valence-corrected chi connectivity index (χ4v) is 0.931. The highest BCUT2D eigenvalue weighted by atomic mass is 35.5. The van der Waals surface area contributed by atoms with Crippen LogP contribution in [-0.4, -0.2) is 15.7 Å². The van der Waals surface area contributed by atoms with Crippen LogP contribution in [-0.2, 0) is 4.79 Å². The van der Waals surface area contributed by atoms with Crippen LogP contribution in [0.5, 0.6) is 0 Å². The third kappa shape index (κ3) is 3.57. The fourth-order valence-electron chi connectivity index (χ4n) is 0.658. The molecule has 2 N–H and O–H groups in total. The first-order valence-electron chi connectivity index (χ1n) is 3.56. The molecule has 0 radical (unpaired) electrons. The summed E-state index contributed by atoms with van der Waals surface area (Å²) >= 11 is 16.2. The lowest BCUT2D eigenvalue weighted by Crippen LogP contribution is -2.33. The minimum absolute atomic E-state index is 0.317. The second-order valence-electron chi connectivity index (χ2n) is 2.26. The molecular weight excluding hydrogens is 248 g/mol. The Morgan fingerprint density at radius 3 is 2.71 bits per heavy atom. The van der Waals surface area contributed by atoms with Crippen LogP contribution in [0.15, 0.2) is 18.2 Å². The quantitative estimate of drug-likeness (QED) is 0.493. The van der Waals surface area contributed by atoms with Crippen molar-refractivity contribution in [2.45, 2.75) is 4.84 Å². The van der Waals surface area contributed by atoms with Crippen LogP contribution in [0.2, 0.25) is 5.15 Å². The Labute approximate surface area is 95.5 Å². The van der Waals surface area contributed by atoms with E-state index in [4.69, 9.17) is 34.8 Å². The molecule has 0 atom stereocenters. The van der Waals surface area contributed by atoms with Crippen LogP contribution < -0.4 is 10.9 Å². The van der Waals surface area contributed by atoms with Crippen molar-refractivity contribution in [2.24, 2.45) is 0 Å². The number of rotatable bonds is 3. The van der Waals surface area contributed by atoms with Crippen LogP contribution >= 0.6 is 34.8 Å². The highest BCUT2D eigenvalue weighted by Gasteiger charge is 2.10. The summed E-state index contributed by atoms with van der Waals surface area (Å²) in [7, 11) is 0. The van der Waals surface area contributed by atoms with Crippen molar-refractivity contribution in [1.29, 1.82) is 0 Å². The van der Waals surface area contributed by atoms with Crippen molar-refractivity contribution >= 4 is 46.5 Å². The molecule has 4 nitrogen and oxygen atoms in total. The predicted molar refractivity (Wildman–Crippen MR) is 56.5 cm³/mol. The lowest BCUT2D eigenvalue weighted by Gasteiger charge is -2.07. The van der Waals surface area contributed by atoms with E-state index in [0.29, 0.717) is 11.0 Å². The molecule has 0 bridgehead atoms. The van der Waals surface area contributed by atoms with Gasteiger partial charge in [0.15, 0.2) is 4.84 Å². The first-order valence-corrected chi connectivity index (χ1v) is 4.81. The van der Waals surface area contributed by atoms with Crippen molar-refractivity contribution in [3.8, 4) is 0 Å². The number of halogens is 3. The summed E-state index contributed by atoms with van der Waals surface area (Å²) in [6.45, 7) is 0. The number of anilines is 1. The normalized spacial score (nSPS) is 10.0. The first-order chi connectivity index (χ1) is 6.59. The first kappa shape index (κ1) is 11.4. The Balaban J connectivity index is 2.50. The predicted octanol–water partition coefficient (Wildman–Crippen LogP) is 1.98. The lowest BCUT2D eigenvalue weighted by molar-refractivity contribution is -0.118. The molecule has 1 heterocycles. The fraction of sp³-hybridized carbons (Fsp3) is 0.143. The van der Waals surface area contributed by atoms with Crippen molar-refractivity contribution < 1.29 is 4.79 Å². The summed E-state index contributed by atoms with van der Waals surface area (Å²) in [5, 5.41) is 0.317. The number of alkyl halides is 2. The number of aromatic nitrogens is 1. The summed E-state index contributed by atoms with van der Waals surface area (Å²) < 4.78 is 0. The molecule has 0 unspecified atom stereocenters. The van der Waals surface area contributed by atoms with Crippen molar-refractivity contribution in [3.05, 3.63) is 23.4 Å². The molecule has 1 aromatic rings. The molecule has 7 heteroatoms. The second kappa shape index (κ2) is 5.24. The molecule has 0 aromatic carbocycles. The van der Waals surface area contributed by atoms with Crippen LogP contribution in [0.1, 0.15) is 0 Å². The van der Waals surface area contributed by atoms with Gasteiger partial charge in [-0.3, -0.25) is 15.6 Å². The zero-order valence-corrected chi connectivity index (χ0v) is 9.07. The van der Waals surface area contributed by atoms with Crippen LogP contribution in [0.4, 0.5) is 5.82 Å². The SMILES string of the molecule is O=C(NNc1cccc(Cl)n1)C(Cl)Cl. The van der Waals surface area contributed by atoms with Gasteiger partial charge in [0.1, 0.15) is 11.0 Å². The lowest BCUT2D eigenvalue weighted by atomic mass is 10.5. The largest absolute Gasteiger partial charge is 0.282 e. The van der Waals surface area contributed by atoms with E-state index >= 15 is 0 Å². The maximum Gasteiger partial charge on any atom is 0.271 e. The van der Waals surface area contributed by atoms with Gasteiger partial charge in [-0.05, 0) is 12.1 Å². The molecule has 0 spiro atoms. The van der Waals surface area contributed by atoms with Crippen molar-refractivity contribution in [3.63, 3.8) is 0 Å². The number of carbonyl (C=O) groups is 1. The summed E-state index contributed by atoms with van der Waals surface area (Å²) in [5.41, 5.74) is 4.75. The van der Waals surface area contributed by atoms with Gasteiger partial charge >= 0.3 is 0 Å². The maximum absolute atomic E-state index is 10.9. The van der Waals surface area contributed by atoms with Gasteiger partial charge in [-0.25, -0.2) is 4.98 Å². The number of carbonyl (C=O) groups excluding carboxylic acids is 1. The number of hydrogen-bond donors (Lipinski definition) is 2. The van der Waals surface area contributed by atoms with E-state index in [2.05, 4.69) is 15.8 Å². The number of nitrogens with one attached hydrogen (secondary N) is 2. The number of hydrogen-bond acceptors (Lipinski definition) is 3. The topological polar surface area (TPSA) is 54.0 Å². The van der Waals surface area contributed by atoms with Crippen LogP contribution in [0.3, 0.4) is 0 Å².